The Kier molecular flexibility index (Phi) is 4.43. The van der Waals surface area contributed by atoms with Crippen LogP contribution in [-0.2, 0) is 19.4 Å². The summed E-state index contributed by atoms with van der Waals surface area (Å²) in [4.78, 5) is 26.1. The van der Waals surface area contributed by atoms with Gasteiger partial charge < -0.3 is 15.0 Å². The molecule has 1 aliphatic rings. The Morgan fingerprint density at radius 3 is 2.76 bits per heavy atom. The lowest BCUT2D eigenvalue weighted by molar-refractivity contribution is -0.125. The third-order valence-electron chi connectivity index (χ3n) is 3.15. The highest BCUT2D eigenvalue weighted by Crippen LogP contribution is 2.22. The van der Waals surface area contributed by atoms with Crippen LogP contribution >= 0.6 is 15.9 Å². The van der Waals surface area contributed by atoms with Gasteiger partial charge in [0.15, 0.2) is 16.4 Å². The van der Waals surface area contributed by atoms with Crippen molar-refractivity contribution >= 4 is 37.6 Å². The first kappa shape index (κ1) is 16.0. The van der Waals surface area contributed by atoms with E-state index in [0.29, 0.717) is 10.9 Å². The summed E-state index contributed by atoms with van der Waals surface area (Å²) in [5.74, 6) is -1.21. The second-order valence-corrected chi connectivity index (χ2v) is 8.36. The van der Waals surface area contributed by atoms with Gasteiger partial charge in [0.1, 0.15) is 5.69 Å². The molecule has 1 unspecified atom stereocenters. The molecule has 2 heterocycles. The quantitative estimate of drug-likeness (QED) is 0.747. The number of rotatable bonds is 4. The molecule has 0 saturated carbocycles. The number of sulfone groups is 1. The van der Waals surface area contributed by atoms with Crippen LogP contribution in [0, 0.1) is 0 Å². The van der Waals surface area contributed by atoms with Crippen LogP contribution in [0.3, 0.4) is 0 Å². The van der Waals surface area contributed by atoms with Gasteiger partial charge in [-0.15, -0.1) is 0 Å². The fourth-order valence-corrected chi connectivity index (χ4v) is 4.61. The molecule has 1 saturated heterocycles. The molecule has 9 heteroatoms. The number of aromatic nitrogens is 1. The van der Waals surface area contributed by atoms with Crippen molar-refractivity contribution in [3.63, 3.8) is 0 Å². The van der Waals surface area contributed by atoms with Gasteiger partial charge in [0.25, 0.3) is 5.91 Å². The number of nitrogens with one attached hydrogen (secondary N) is 2. The predicted octanol–water partition coefficient (Wildman–Crippen LogP) is 0.627. The van der Waals surface area contributed by atoms with Gasteiger partial charge in [0.05, 0.1) is 17.0 Å². The molecule has 21 heavy (non-hydrogen) atoms. The third-order valence-corrected chi connectivity index (χ3v) is 5.51. The molecule has 1 amide bonds. The monoisotopic (exact) mass is 378 g/mol. The Morgan fingerprint density at radius 1 is 1.52 bits per heavy atom. The first-order chi connectivity index (χ1) is 9.69. The number of carbonyl (C=O) groups excluding carboxylic acids is 2. The molecule has 116 valence electrons. The minimum absolute atomic E-state index is 0.0556. The Morgan fingerprint density at radius 2 is 2.24 bits per heavy atom. The molecular weight excluding hydrogens is 364 g/mol. The molecule has 1 aromatic rings. The van der Waals surface area contributed by atoms with Crippen molar-refractivity contribution in [2.75, 3.05) is 18.1 Å². The average Bonchev–Trinajstić information content (AvgIpc) is 2.90. The number of aromatic amines is 1. The van der Waals surface area contributed by atoms with Crippen LogP contribution in [0.2, 0.25) is 0 Å². The molecule has 2 rings (SSSR count). The van der Waals surface area contributed by atoms with Gasteiger partial charge >= 0.3 is 5.97 Å². The van der Waals surface area contributed by atoms with E-state index in [1.54, 1.807) is 13.1 Å². The van der Waals surface area contributed by atoms with Crippen molar-refractivity contribution in [2.45, 2.75) is 18.9 Å². The van der Waals surface area contributed by atoms with Crippen molar-refractivity contribution in [3.8, 4) is 0 Å². The summed E-state index contributed by atoms with van der Waals surface area (Å²) >= 11 is 3.18. The zero-order valence-electron chi connectivity index (χ0n) is 11.3. The number of hydrogen-bond acceptors (Lipinski definition) is 5. The maximum Gasteiger partial charge on any atom is 0.355 e. The standard InChI is InChI=1S/C12H15BrN2O5S/c1-12(2-3-21(18,19)7-12)15-10(16)6-20-11(17)9-4-8(13)5-14-9/h4-5,14H,2-3,6-7H2,1H3,(H,15,16). The number of halogens is 1. The van der Waals surface area contributed by atoms with Gasteiger partial charge in [-0.2, -0.15) is 0 Å². The van der Waals surface area contributed by atoms with Crippen LogP contribution in [0.4, 0.5) is 0 Å². The van der Waals surface area contributed by atoms with E-state index in [1.807, 2.05) is 0 Å². The Balaban J connectivity index is 1.84. The molecule has 0 aromatic carbocycles. The van der Waals surface area contributed by atoms with E-state index in [9.17, 15) is 18.0 Å². The normalized spacial score (nSPS) is 23.7. The predicted molar refractivity (Wildman–Crippen MR) is 78.6 cm³/mol. The van der Waals surface area contributed by atoms with E-state index in [-0.39, 0.29) is 17.2 Å². The fourth-order valence-electron chi connectivity index (χ4n) is 2.18. The maximum atomic E-state index is 11.8. The lowest BCUT2D eigenvalue weighted by Gasteiger charge is -2.23. The minimum Gasteiger partial charge on any atom is -0.451 e. The molecule has 7 nitrogen and oxygen atoms in total. The first-order valence-electron chi connectivity index (χ1n) is 6.22. The zero-order valence-corrected chi connectivity index (χ0v) is 13.7. The highest BCUT2D eigenvalue weighted by Gasteiger charge is 2.39. The highest BCUT2D eigenvalue weighted by atomic mass is 79.9. The number of ether oxygens (including phenoxy) is 1. The summed E-state index contributed by atoms with van der Waals surface area (Å²) in [6.45, 7) is 1.21. The summed E-state index contributed by atoms with van der Waals surface area (Å²) in [6, 6.07) is 1.53. The number of H-pyrrole nitrogens is 1. The van der Waals surface area contributed by atoms with Crippen molar-refractivity contribution in [1.29, 1.82) is 0 Å². The van der Waals surface area contributed by atoms with E-state index >= 15 is 0 Å². The van der Waals surface area contributed by atoms with Crippen molar-refractivity contribution in [3.05, 3.63) is 22.4 Å². The average molecular weight is 379 g/mol. The van der Waals surface area contributed by atoms with Gasteiger partial charge in [-0.3, -0.25) is 4.79 Å². The Bertz CT molecular complexity index is 669. The van der Waals surface area contributed by atoms with Gasteiger partial charge in [0.2, 0.25) is 0 Å². The van der Waals surface area contributed by atoms with E-state index in [2.05, 4.69) is 26.2 Å². The van der Waals surface area contributed by atoms with Crippen LogP contribution in [0.5, 0.6) is 0 Å². The van der Waals surface area contributed by atoms with Gasteiger partial charge in [-0.25, -0.2) is 13.2 Å². The summed E-state index contributed by atoms with van der Waals surface area (Å²) in [5, 5.41) is 2.61. The summed E-state index contributed by atoms with van der Waals surface area (Å²) < 4.78 is 28.4. The number of carbonyl (C=O) groups is 2. The molecule has 0 aliphatic carbocycles. The first-order valence-corrected chi connectivity index (χ1v) is 8.83. The molecule has 1 atom stereocenters. The number of esters is 1. The second-order valence-electron chi connectivity index (χ2n) is 5.26. The Labute approximate surface area is 130 Å². The summed E-state index contributed by atoms with van der Waals surface area (Å²) in [5.41, 5.74) is -0.568. The van der Waals surface area contributed by atoms with Gasteiger partial charge in [-0.1, -0.05) is 0 Å². The third kappa shape index (κ3) is 4.31. The maximum absolute atomic E-state index is 11.8. The van der Waals surface area contributed by atoms with Crippen molar-refractivity contribution in [1.82, 2.24) is 10.3 Å². The number of hydrogen-bond donors (Lipinski definition) is 2. The summed E-state index contributed by atoms with van der Waals surface area (Å²) in [6.07, 6.45) is 1.93. The molecular formula is C12H15BrN2O5S. The molecule has 1 fully saturated rings. The van der Waals surface area contributed by atoms with E-state index in [4.69, 9.17) is 4.74 Å². The second kappa shape index (κ2) is 5.80. The van der Waals surface area contributed by atoms with Gasteiger partial charge in [0, 0.05) is 10.7 Å². The lowest BCUT2D eigenvalue weighted by atomic mass is 10.0. The minimum atomic E-state index is -3.10. The largest absolute Gasteiger partial charge is 0.451 e. The van der Waals surface area contributed by atoms with Crippen LogP contribution in [0.25, 0.3) is 0 Å². The van der Waals surface area contributed by atoms with Gasteiger partial charge in [-0.05, 0) is 35.3 Å². The molecule has 0 spiro atoms. The SMILES string of the molecule is CC1(NC(=O)COC(=O)c2cc(Br)c[nH]2)CCS(=O)(=O)C1. The highest BCUT2D eigenvalue weighted by molar-refractivity contribution is 9.10. The number of amides is 1. The molecule has 1 aliphatic heterocycles. The van der Waals surface area contributed by atoms with Crippen molar-refractivity contribution < 1.29 is 22.7 Å². The fraction of sp³-hybridized carbons (Fsp3) is 0.500. The Hall–Kier alpha value is -1.35. The van der Waals surface area contributed by atoms with Crippen LogP contribution < -0.4 is 5.32 Å². The topological polar surface area (TPSA) is 105 Å². The van der Waals surface area contributed by atoms with Crippen LogP contribution in [0.1, 0.15) is 23.8 Å². The lowest BCUT2D eigenvalue weighted by Crippen LogP contribution is -2.48. The molecule has 1 aromatic heterocycles. The smallest absolute Gasteiger partial charge is 0.355 e. The van der Waals surface area contributed by atoms with E-state index in [1.165, 1.54) is 6.07 Å². The molecule has 2 N–H and O–H groups in total. The van der Waals surface area contributed by atoms with Crippen LogP contribution in [-0.4, -0.2) is 48.9 Å². The zero-order chi connectivity index (χ0) is 15.7. The summed E-state index contributed by atoms with van der Waals surface area (Å²) in [7, 11) is -3.10. The van der Waals surface area contributed by atoms with Crippen LogP contribution in [0.15, 0.2) is 16.7 Å². The molecule has 0 radical (unpaired) electrons. The molecule has 0 bridgehead atoms. The van der Waals surface area contributed by atoms with Crippen molar-refractivity contribution in [2.24, 2.45) is 0 Å². The van der Waals surface area contributed by atoms with E-state index < -0.39 is 33.9 Å². The van der Waals surface area contributed by atoms with E-state index in [0.717, 1.165) is 0 Å².